The Morgan fingerprint density at radius 1 is 1.29 bits per heavy atom. The van der Waals surface area contributed by atoms with Crippen LogP contribution < -0.4 is 10.5 Å². The summed E-state index contributed by atoms with van der Waals surface area (Å²) in [7, 11) is 0. The third kappa shape index (κ3) is 5.91. The second kappa shape index (κ2) is 8.36. The van der Waals surface area contributed by atoms with Crippen LogP contribution in [0.3, 0.4) is 0 Å². The van der Waals surface area contributed by atoms with Crippen LogP contribution in [0.15, 0.2) is 24.3 Å². The van der Waals surface area contributed by atoms with Gasteiger partial charge in [0.25, 0.3) is 0 Å². The number of rotatable bonds is 9. The molecule has 116 valence electrons. The molecule has 1 aromatic rings. The van der Waals surface area contributed by atoms with Gasteiger partial charge < -0.3 is 15.6 Å². The maximum absolute atomic E-state index is 12.0. The molecule has 21 heavy (non-hydrogen) atoms. The summed E-state index contributed by atoms with van der Waals surface area (Å²) in [5.41, 5.74) is 6.43. The molecule has 1 rings (SSSR count). The zero-order valence-electron chi connectivity index (χ0n) is 11.9. The van der Waals surface area contributed by atoms with Crippen LogP contribution in [-0.2, 0) is 16.0 Å². The van der Waals surface area contributed by atoms with Crippen molar-refractivity contribution in [3.63, 3.8) is 0 Å². The van der Waals surface area contributed by atoms with Crippen molar-refractivity contribution >= 4 is 11.8 Å². The molecule has 0 aliphatic carbocycles. The zero-order valence-corrected chi connectivity index (χ0v) is 11.9. The van der Waals surface area contributed by atoms with E-state index in [9.17, 15) is 19.1 Å². The van der Waals surface area contributed by atoms with Crippen molar-refractivity contribution in [3.05, 3.63) is 29.8 Å². The average Bonchev–Trinajstić information content (AvgIpc) is 2.44. The Hall–Kier alpha value is -1.95. The van der Waals surface area contributed by atoms with Gasteiger partial charge in [0.15, 0.2) is 0 Å². The van der Waals surface area contributed by atoms with Gasteiger partial charge >= 0.3 is 5.97 Å². The minimum Gasteiger partial charge on any atom is -0.481 e. The lowest BCUT2D eigenvalue weighted by Crippen LogP contribution is -2.30. The molecule has 6 heteroatoms. The molecule has 0 saturated heterocycles. The number of benzene rings is 1. The molecule has 1 aromatic carbocycles. The second-order valence-electron chi connectivity index (χ2n) is 4.93. The van der Waals surface area contributed by atoms with E-state index in [-0.39, 0.29) is 5.78 Å². The fourth-order valence-electron chi connectivity index (χ4n) is 1.97. The van der Waals surface area contributed by atoms with E-state index in [1.807, 2.05) is 0 Å². The lowest BCUT2D eigenvalue weighted by atomic mass is 9.92. The smallest absolute Gasteiger partial charge is 0.306 e. The molecule has 1 unspecified atom stereocenters. The summed E-state index contributed by atoms with van der Waals surface area (Å²) in [6.07, 6.45) is 1.00. The quantitative estimate of drug-likeness (QED) is 0.726. The highest BCUT2D eigenvalue weighted by molar-refractivity contribution is 5.81. The number of ether oxygens (including phenoxy) is 1. The van der Waals surface area contributed by atoms with E-state index >= 15 is 0 Å². The maximum atomic E-state index is 12.0. The molecule has 0 heterocycles. The van der Waals surface area contributed by atoms with E-state index in [2.05, 4.69) is 4.74 Å². The van der Waals surface area contributed by atoms with Gasteiger partial charge in [-0.05, 0) is 43.9 Å². The Morgan fingerprint density at radius 2 is 1.90 bits per heavy atom. The predicted molar refractivity (Wildman–Crippen MR) is 75.8 cm³/mol. The lowest BCUT2D eigenvalue weighted by molar-refractivity contribution is -0.142. The first-order chi connectivity index (χ1) is 9.93. The standard InChI is InChI=1S/C15H20FNO4/c1-10(18)14(17)7-4-12(15(19)20)8-11-2-5-13(6-3-11)21-9-16/h2-3,5-6,12,14H,4,7-9,17H2,1H3,(H,19,20)/t12?,14-/m0/s1/i16-1. The Balaban J connectivity index is 2.61. The van der Waals surface area contributed by atoms with E-state index < -0.39 is 24.8 Å². The summed E-state index contributed by atoms with van der Waals surface area (Å²) in [5, 5.41) is 9.22. The van der Waals surface area contributed by atoms with Crippen LogP contribution in [0, 0.1) is 5.92 Å². The van der Waals surface area contributed by atoms with Gasteiger partial charge in [0.2, 0.25) is 6.86 Å². The van der Waals surface area contributed by atoms with Crippen molar-refractivity contribution in [2.45, 2.75) is 32.2 Å². The summed E-state index contributed by atoms with van der Waals surface area (Å²) >= 11 is 0. The van der Waals surface area contributed by atoms with Crippen LogP contribution in [0.2, 0.25) is 0 Å². The van der Waals surface area contributed by atoms with Crippen LogP contribution >= 0.6 is 0 Å². The molecule has 3 N–H and O–H groups in total. The van der Waals surface area contributed by atoms with Gasteiger partial charge in [0.05, 0.1) is 12.0 Å². The summed E-state index contributed by atoms with van der Waals surface area (Å²) in [6.45, 7) is 0.490. The molecule has 0 radical (unpaired) electrons. The van der Waals surface area contributed by atoms with Gasteiger partial charge in [-0.15, -0.1) is 0 Å². The largest absolute Gasteiger partial charge is 0.481 e. The monoisotopic (exact) mass is 296 g/mol. The number of nitrogens with two attached hydrogens (primary N) is 1. The number of carboxylic acids is 1. The fraction of sp³-hybridized carbons (Fsp3) is 0.467. The van der Waals surface area contributed by atoms with Crippen molar-refractivity contribution < 1.29 is 23.8 Å². The van der Waals surface area contributed by atoms with Crippen LogP contribution in [0.4, 0.5) is 4.39 Å². The van der Waals surface area contributed by atoms with Crippen LogP contribution in [0.25, 0.3) is 0 Å². The van der Waals surface area contributed by atoms with Gasteiger partial charge in [-0.2, -0.15) is 0 Å². The molecule has 0 aliphatic heterocycles. The SMILES string of the molecule is CC(=O)[C@@H](N)CCC(Cc1ccc(OC[18F])cc1)C(=O)O. The Labute approximate surface area is 122 Å². The minimum atomic E-state index is -0.921. The molecule has 0 bridgehead atoms. The highest BCUT2D eigenvalue weighted by Gasteiger charge is 2.20. The van der Waals surface area contributed by atoms with Crippen molar-refractivity contribution in [1.29, 1.82) is 0 Å². The third-order valence-corrected chi connectivity index (χ3v) is 3.32. The lowest BCUT2D eigenvalue weighted by Gasteiger charge is -2.14. The zero-order chi connectivity index (χ0) is 15.8. The van der Waals surface area contributed by atoms with Gasteiger partial charge in [0, 0.05) is 0 Å². The molecule has 0 amide bonds. The van der Waals surface area contributed by atoms with E-state index in [1.165, 1.54) is 6.92 Å². The molecule has 0 aliphatic rings. The van der Waals surface area contributed by atoms with Crippen LogP contribution in [0.5, 0.6) is 5.75 Å². The molecule has 0 fully saturated rings. The number of carbonyl (C=O) groups is 2. The number of carbonyl (C=O) groups excluding carboxylic acids is 1. The van der Waals surface area contributed by atoms with Gasteiger partial charge in [-0.3, -0.25) is 9.59 Å². The first-order valence-electron chi connectivity index (χ1n) is 6.70. The topological polar surface area (TPSA) is 89.6 Å². The maximum Gasteiger partial charge on any atom is 0.306 e. The first kappa shape index (κ1) is 17.1. The fourth-order valence-corrected chi connectivity index (χ4v) is 1.97. The van der Waals surface area contributed by atoms with E-state index in [1.54, 1.807) is 24.3 Å². The number of halogens is 1. The van der Waals surface area contributed by atoms with Gasteiger partial charge in [-0.25, -0.2) is 4.39 Å². The van der Waals surface area contributed by atoms with Crippen molar-refractivity contribution in [1.82, 2.24) is 0 Å². The molecule has 0 saturated carbocycles. The highest BCUT2D eigenvalue weighted by Crippen LogP contribution is 2.19. The minimum absolute atomic E-state index is 0.146. The number of carboxylic acid groups (broad SMARTS) is 1. The summed E-state index contributed by atoms with van der Waals surface area (Å²) in [4.78, 5) is 22.3. The summed E-state index contributed by atoms with van der Waals surface area (Å²) < 4.78 is 16.7. The number of hydrogen-bond donors (Lipinski definition) is 2. The summed E-state index contributed by atoms with van der Waals surface area (Å²) in [5.74, 6) is -1.28. The molecule has 0 spiro atoms. The number of hydrogen-bond acceptors (Lipinski definition) is 4. The molecule has 0 aromatic heterocycles. The van der Waals surface area contributed by atoms with Crippen molar-refractivity contribution in [2.24, 2.45) is 11.7 Å². The van der Waals surface area contributed by atoms with Gasteiger partial charge in [0.1, 0.15) is 11.5 Å². The highest BCUT2D eigenvalue weighted by atomic mass is 18.2. The molecular formula is C15H20FNO4. The average molecular weight is 296 g/mol. The number of ketones is 1. The third-order valence-electron chi connectivity index (χ3n) is 3.32. The Kier molecular flexibility index (Phi) is 6.81. The Bertz CT molecular complexity index is 475. The number of alkyl halides is 1. The van der Waals surface area contributed by atoms with Crippen LogP contribution in [-0.4, -0.2) is 29.8 Å². The second-order valence-corrected chi connectivity index (χ2v) is 4.93. The normalized spacial score (nSPS) is 13.5. The Morgan fingerprint density at radius 3 is 2.38 bits per heavy atom. The van der Waals surface area contributed by atoms with Crippen molar-refractivity contribution in [3.8, 4) is 5.75 Å². The van der Waals surface area contributed by atoms with Crippen LogP contribution in [0.1, 0.15) is 25.3 Å². The van der Waals surface area contributed by atoms with E-state index in [4.69, 9.17) is 5.73 Å². The molecule has 2 atom stereocenters. The van der Waals surface area contributed by atoms with E-state index in [0.717, 1.165) is 5.56 Å². The predicted octanol–water partition coefficient (Wildman–Crippen LogP) is 1.93. The van der Waals surface area contributed by atoms with Gasteiger partial charge in [-0.1, -0.05) is 12.1 Å². The molecular weight excluding hydrogens is 276 g/mol. The first-order valence-corrected chi connectivity index (χ1v) is 6.70. The van der Waals surface area contributed by atoms with E-state index in [0.29, 0.717) is 25.0 Å². The number of Topliss-reactive ketones (excluding diaryl/α,β-unsaturated/α-hetero) is 1. The number of aliphatic carboxylic acids is 1. The van der Waals surface area contributed by atoms with Crippen molar-refractivity contribution in [2.75, 3.05) is 6.86 Å². The molecule has 5 nitrogen and oxygen atoms in total. The summed E-state index contributed by atoms with van der Waals surface area (Å²) in [6, 6.07) is 5.97.